The first-order valence-electron chi connectivity index (χ1n) is 7.03. The van der Waals surface area contributed by atoms with Gasteiger partial charge in [-0.2, -0.15) is 0 Å². The van der Waals surface area contributed by atoms with Crippen molar-refractivity contribution in [2.45, 2.75) is 26.0 Å². The summed E-state index contributed by atoms with van der Waals surface area (Å²) in [6.07, 6.45) is 1.27. The number of morpholine rings is 1. The summed E-state index contributed by atoms with van der Waals surface area (Å²) in [6.45, 7) is 7.57. The monoisotopic (exact) mass is 264 g/mol. The van der Waals surface area contributed by atoms with E-state index in [1.165, 1.54) is 0 Å². The lowest BCUT2D eigenvalue weighted by atomic mass is 10.2. The largest absolute Gasteiger partial charge is 0.491 e. The van der Waals surface area contributed by atoms with Gasteiger partial charge in [-0.25, -0.2) is 0 Å². The third-order valence-corrected chi connectivity index (χ3v) is 3.45. The van der Waals surface area contributed by atoms with Gasteiger partial charge < -0.3 is 15.2 Å². The minimum absolute atomic E-state index is 0.228. The van der Waals surface area contributed by atoms with Gasteiger partial charge in [0.25, 0.3) is 0 Å². The predicted octanol–water partition coefficient (Wildman–Crippen LogP) is 1.63. The van der Waals surface area contributed by atoms with E-state index in [1.807, 2.05) is 24.3 Å². The fourth-order valence-electron chi connectivity index (χ4n) is 2.18. The molecule has 0 amide bonds. The second-order valence-corrected chi connectivity index (χ2v) is 5.02. The Kier molecular flexibility index (Phi) is 5.63. The quantitative estimate of drug-likeness (QED) is 0.848. The Morgan fingerprint density at radius 1 is 1.26 bits per heavy atom. The highest BCUT2D eigenvalue weighted by molar-refractivity contribution is 5.27. The van der Waals surface area contributed by atoms with Gasteiger partial charge >= 0.3 is 0 Å². The maximum Gasteiger partial charge on any atom is 0.119 e. The van der Waals surface area contributed by atoms with Crippen molar-refractivity contribution in [3.8, 4) is 5.75 Å². The van der Waals surface area contributed by atoms with E-state index in [0.717, 1.165) is 50.6 Å². The Labute approximate surface area is 115 Å². The Morgan fingerprint density at radius 2 is 1.95 bits per heavy atom. The Balaban J connectivity index is 1.71. The van der Waals surface area contributed by atoms with Crippen molar-refractivity contribution in [3.05, 3.63) is 29.8 Å². The average molecular weight is 264 g/mol. The van der Waals surface area contributed by atoms with Gasteiger partial charge in [0.2, 0.25) is 0 Å². The van der Waals surface area contributed by atoms with Crippen molar-refractivity contribution < 1.29 is 9.47 Å². The fraction of sp³-hybridized carbons (Fsp3) is 0.600. The van der Waals surface area contributed by atoms with Crippen molar-refractivity contribution in [3.63, 3.8) is 0 Å². The minimum atomic E-state index is 0.228. The molecule has 19 heavy (non-hydrogen) atoms. The number of ether oxygens (including phenoxy) is 2. The molecular formula is C15H24N2O2. The molecule has 1 aromatic rings. The summed E-state index contributed by atoms with van der Waals surface area (Å²) in [5.74, 6) is 0.923. The first-order valence-corrected chi connectivity index (χ1v) is 7.03. The topological polar surface area (TPSA) is 47.7 Å². The highest BCUT2D eigenvalue weighted by atomic mass is 16.5. The number of hydrogen-bond donors (Lipinski definition) is 1. The van der Waals surface area contributed by atoms with E-state index in [1.54, 1.807) is 0 Å². The summed E-state index contributed by atoms with van der Waals surface area (Å²) in [6, 6.07) is 8.02. The summed E-state index contributed by atoms with van der Waals surface area (Å²) >= 11 is 0. The van der Waals surface area contributed by atoms with Crippen LogP contribution in [0.4, 0.5) is 0 Å². The van der Waals surface area contributed by atoms with Crippen molar-refractivity contribution in [1.82, 2.24) is 4.90 Å². The summed E-state index contributed by atoms with van der Waals surface area (Å²) in [5, 5.41) is 0. The summed E-state index contributed by atoms with van der Waals surface area (Å²) in [7, 11) is 0. The van der Waals surface area contributed by atoms with Crippen LogP contribution in [0.25, 0.3) is 0 Å². The molecule has 1 heterocycles. The van der Waals surface area contributed by atoms with E-state index in [2.05, 4.69) is 11.8 Å². The van der Waals surface area contributed by atoms with Crippen LogP contribution in [-0.4, -0.2) is 43.9 Å². The number of hydrogen-bond acceptors (Lipinski definition) is 4. The highest BCUT2D eigenvalue weighted by Crippen LogP contribution is 2.15. The van der Waals surface area contributed by atoms with Gasteiger partial charge in [-0.15, -0.1) is 0 Å². The van der Waals surface area contributed by atoms with Gasteiger partial charge in [0.05, 0.1) is 19.3 Å². The van der Waals surface area contributed by atoms with Gasteiger partial charge in [-0.05, 0) is 31.0 Å². The lowest BCUT2D eigenvalue weighted by Crippen LogP contribution is -2.38. The van der Waals surface area contributed by atoms with E-state index in [-0.39, 0.29) is 6.10 Å². The smallest absolute Gasteiger partial charge is 0.119 e. The van der Waals surface area contributed by atoms with Gasteiger partial charge in [-0.1, -0.05) is 12.1 Å². The van der Waals surface area contributed by atoms with Gasteiger partial charge in [-0.3, -0.25) is 4.90 Å². The highest BCUT2D eigenvalue weighted by Gasteiger charge is 2.12. The minimum Gasteiger partial charge on any atom is -0.491 e. The van der Waals surface area contributed by atoms with Crippen LogP contribution in [0.1, 0.15) is 18.9 Å². The number of nitrogens with zero attached hydrogens (tertiary/aromatic N) is 1. The first-order chi connectivity index (χ1) is 9.28. The number of rotatable bonds is 6. The molecule has 2 N–H and O–H groups in total. The van der Waals surface area contributed by atoms with Gasteiger partial charge in [0.1, 0.15) is 5.75 Å². The van der Waals surface area contributed by atoms with Gasteiger partial charge in [0.15, 0.2) is 0 Å². The molecule has 0 spiro atoms. The molecule has 1 aliphatic heterocycles. The molecule has 106 valence electrons. The molecule has 0 saturated carbocycles. The molecule has 2 rings (SSSR count). The lowest BCUT2D eigenvalue weighted by Gasteiger charge is -2.27. The van der Waals surface area contributed by atoms with E-state index < -0.39 is 0 Å². The molecule has 0 bridgehead atoms. The summed E-state index contributed by atoms with van der Waals surface area (Å²) in [4.78, 5) is 2.43. The molecule has 1 unspecified atom stereocenters. The molecule has 0 radical (unpaired) electrons. The predicted molar refractivity (Wildman–Crippen MR) is 76.3 cm³/mol. The van der Waals surface area contributed by atoms with Crippen LogP contribution in [0.5, 0.6) is 5.75 Å². The zero-order valence-electron chi connectivity index (χ0n) is 11.7. The van der Waals surface area contributed by atoms with Crippen LogP contribution >= 0.6 is 0 Å². The SMILES string of the molecule is CC(CCN1CCOCC1)Oc1ccc(CN)cc1. The Bertz CT molecular complexity index is 361. The van der Waals surface area contributed by atoms with Crippen molar-refractivity contribution in [1.29, 1.82) is 0 Å². The van der Waals surface area contributed by atoms with Crippen LogP contribution in [0, 0.1) is 0 Å². The Morgan fingerprint density at radius 3 is 2.58 bits per heavy atom. The van der Waals surface area contributed by atoms with Gasteiger partial charge in [0, 0.05) is 26.2 Å². The van der Waals surface area contributed by atoms with E-state index >= 15 is 0 Å². The van der Waals surface area contributed by atoms with E-state index in [4.69, 9.17) is 15.2 Å². The van der Waals surface area contributed by atoms with Crippen molar-refractivity contribution >= 4 is 0 Å². The zero-order chi connectivity index (χ0) is 13.5. The molecule has 1 fully saturated rings. The third-order valence-electron chi connectivity index (χ3n) is 3.45. The number of benzene rings is 1. The van der Waals surface area contributed by atoms with E-state index in [9.17, 15) is 0 Å². The molecule has 0 aromatic heterocycles. The van der Waals surface area contributed by atoms with Crippen LogP contribution in [0.3, 0.4) is 0 Å². The van der Waals surface area contributed by atoms with Crippen molar-refractivity contribution in [2.75, 3.05) is 32.8 Å². The molecule has 1 aromatic carbocycles. The average Bonchev–Trinajstić information content (AvgIpc) is 2.47. The zero-order valence-corrected chi connectivity index (χ0v) is 11.7. The second kappa shape index (κ2) is 7.48. The lowest BCUT2D eigenvalue weighted by molar-refractivity contribution is 0.0327. The molecular weight excluding hydrogens is 240 g/mol. The summed E-state index contributed by atoms with van der Waals surface area (Å²) in [5.41, 5.74) is 6.71. The molecule has 4 heteroatoms. The number of nitrogens with two attached hydrogens (primary N) is 1. The van der Waals surface area contributed by atoms with Crippen LogP contribution < -0.4 is 10.5 Å². The molecule has 1 atom stereocenters. The standard InChI is InChI=1S/C15H24N2O2/c1-13(6-7-17-8-10-18-11-9-17)19-15-4-2-14(12-16)3-5-15/h2-5,13H,6-12,16H2,1H3. The molecule has 1 aliphatic rings. The normalized spacial score (nSPS) is 18.2. The third kappa shape index (κ3) is 4.82. The Hall–Kier alpha value is -1.10. The molecule has 4 nitrogen and oxygen atoms in total. The summed E-state index contributed by atoms with van der Waals surface area (Å²) < 4.78 is 11.2. The maximum absolute atomic E-state index is 5.91. The maximum atomic E-state index is 5.91. The van der Waals surface area contributed by atoms with Crippen LogP contribution in [0.2, 0.25) is 0 Å². The molecule has 0 aliphatic carbocycles. The second-order valence-electron chi connectivity index (χ2n) is 5.02. The first kappa shape index (κ1) is 14.3. The fourth-order valence-corrected chi connectivity index (χ4v) is 2.18. The van der Waals surface area contributed by atoms with Crippen molar-refractivity contribution in [2.24, 2.45) is 5.73 Å². The molecule has 1 saturated heterocycles. The van der Waals surface area contributed by atoms with Crippen LogP contribution in [-0.2, 0) is 11.3 Å². The van der Waals surface area contributed by atoms with Crippen LogP contribution in [0.15, 0.2) is 24.3 Å². The van der Waals surface area contributed by atoms with E-state index in [0.29, 0.717) is 6.54 Å².